The van der Waals surface area contributed by atoms with Gasteiger partial charge in [0.25, 0.3) is 0 Å². The summed E-state index contributed by atoms with van der Waals surface area (Å²) in [5.41, 5.74) is 0. The fourth-order valence-corrected chi connectivity index (χ4v) is 6.02. The largest absolute Gasteiger partial charge is 0.339 e. The predicted molar refractivity (Wildman–Crippen MR) is 107 cm³/mol. The molecule has 0 bridgehead atoms. The van der Waals surface area contributed by atoms with Crippen LogP contribution in [0.25, 0.3) is 0 Å². The van der Waals surface area contributed by atoms with Gasteiger partial charge in [-0.2, -0.15) is 4.31 Å². The summed E-state index contributed by atoms with van der Waals surface area (Å²) in [5.74, 6) is 0.500. The first-order valence-corrected chi connectivity index (χ1v) is 12.3. The standard InChI is InChI=1S/C19H29N3O3S2/c1-2-16-8-4-7-13-22(16)19(23)15-26-18-10-9-17(14-20-18)27(24,25)21-11-5-3-6-12-21/h9-10,14,16H,2-8,11-13,15H2,1H3/t16-/m1/s1. The number of likely N-dealkylation sites (tertiary alicyclic amines) is 1. The van der Waals surface area contributed by atoms with Gasteiger partial charge in [0.05, 0.1) is 10.8 Å². The van der Waals surface area contributed by atoms with Gasteiger partial charge in [0.2, 0.25) is 15.9 Å². The van der Waals surface area contributed by atoms with Crippen molar-refractivity contribution >= 4 is 27.7 Å². The molecule has 2 aliphatic rings. The number of aromatic nitrogens is 1. The Morgan fingerprint density at radius 2 is 1.89 bits per heavy atom. The predicted octanol–water partition coefficient (Wildman–Crippen LogP) is 3.14. The lowest BCUT2D eigenvalue weighted by molar-refractivity contribution is -0.132. The molecule has 6 nitrogen and oxygen atoms in total. The van der Waals surface area contributed by atoms with Crippen molar-refractivity contribution in [3.63, 3.8) is 0 Å². The highest BCUT2D eigenvalue weighted by Crippen LogP contribution is 2.24. The van der Waals surface area contributed by atoms with Crippen molar-refractivity contribution in [2.75, 3.05) is 25.4 Å². The van der Waals surface area contributed by atoms with Crippen LogP contribution in [0.2, 0.25) is 0 Å². The van der Waals surface area contributed by atoms with Crippen molar-refractivity contribution in [3.05, 3.63) is 18.3 Å². The van der Waals surface area contributed by atoms with Gasteiger partial charge in [0.15, 0.2) is 0 Å². The number of carbonyl (C=O) groups is 1. The molecule has 2 saturated heterocycles. The number of rotatable bonds is 6. The third-order valence-corrected chi connectivity index (χ3v) is 8.24. The zero-order valence-corrected chi connectivity index (χ0v) is 17.6. The SMILES string of the molecule is CC[C@@H]1CCCCN1C(=O)CSc1ccc(S(=O)(=O)N2CCCCC2)cn1. The Bertz CT molecular complexity index is 731. The summed E-state index contributed by atoms with van der Waals surface area (Å²) >= 11 is 1.38. The van der Waals surface area contributed by atoms with Crippen LogP contribution in [0.5, 0.6) is 0 Å². The molecule has 1 aromatic rings. The van der Waals surface area contributed by atoms with E-state index >= 15 is 0 Å². The molecule has 2 aliphatic heterocycles. The van der Waals surface area contributed by atoms with E-state index in [9.17, 15) is 13.2 Å². The number of nitrogens with zero attached hydrogens (tertiary/aromatic N) is 3. The second-order valence-corrected chi connectivity index (χ2v) is 10.2. The number of sulfonamides is 1. The fourth-order valence-electron chi connectivity index (χ4n) is 3.83. The van der Waals surface area contributed by atoms with Gasteiger partial charge in [-0.15, -0.1) is 0 Å². The number of hydrogen-bond donors (Lipinski definition) is 0. The van der Waals surface area contributed by atoms with Crippen molar-refractivity contribution < 1.29 is 13.2 Å². The highest BCUT2D eigenvalue weighted by Gasteiger charge is 2.27. The first-order valence-electron chi connectivity index (χ1n) is 9.91. The minimum Gasteiger partial charge on any atom is -0.339 e. The quantitative estimate of drug-likeness (QED) is 0.673. The molecule has 2 fully saturated rings. The second-order valence-electron chi connectivity index (χ2n) is 7.23. The summed E-state index contributed by atoms with van der Waals surface area (Å²) in [6, 6.07) is 3.68. The maximum absolute atomic E-state index is 12.7. The van der Waals surface area contributed by atoms with Crippen molar-refractivity contribution in [2.24, 2.45) is 0 Å². The highest BCUT2D eigenvalue weighted by molar-refractivity contribution is 7.99. The average Bonchev–Trinajstić information content (AvgIpc) is 2.73. The van der Waals surface area contributed by atoms with Crippen LogP contribution < -0.4 is 0 Å². The van der Waals surface area contributed by atoms with E-state index in [4.69, 9.17) is 0 Å². The average molecular weight is 412 g/mol. The van der Waals surface area contributed by atoms with Crippen LogP contribution in [0.15, 0.2) is 28.3 Å². The van der Waals surface area contributed by atoms with E-state index in [1.54, 1.807) is 16.4 Å². The molecule has 3 heterocycles. The molecular weight excluding hydrogens is 382 g/mol. The van der Waals surface area contributed by atoms with Gasteiger partial charge >= 0.3 is 0 Å². The summed E-state index contributed by atoms with van der Waals surface area (Å²) in [7, 11) is -3.45. The van der Waals surface area contributed by atoms with E-state index in [1.165, 1.54) is 24.4 Å². The van der Waals surface area contributed by atoms with Gasteiger partial charge in [-0.1, -0.05) is 25.1 Å². The van der Waals surface area contributed by atoms with Gasteiger partial charge in [-0.25, -0.2) is 13.4 Å². The van der Waals surface area contributed by atoms with Gasteiger partial charge < -0.3 is 4.90 Å². The third kappa shape index (κ3) is 5.03. The first kappa shape index (κ1) is 20.6. The van der Waals surface area contributed by atoms with Gasteiger partial charge in [-0.05, 0) is 50.7 Å². The topological polar surface area (TPSA) is 70.6 Å². The first-order chi connectivity index (χ1) is 13.0. The van der Waals surface area contributed by atoms with E-state index in [0.29, 0.717) is 29.9 Å². The zero-order chi connectivity index (χ0) is 19.3. The lowest BCUT2D eigenvalue weighted by Crippen LogP contribution is -2.44. The van der Waals surface area contributed by atoms with Crippen LogP contribution >= 0.6 is 11.8 Å². The molecule has 150 valence electrons. The maximum atomic E-state index is 12.7. The Hall–Kier alpha value is -1.12. The molecule has 0 aliphatic carbocycles. The Morgan fingerprint density at radius 3 is 2.56 bits per heavy atom. The van der Waals surface area contributed by atoms with Crippen molar-refractivity contribution in [1.82, 2.24) is 14.2 Å². The number of hydrogen-bond acceptors (Lipinski definition) is 5. The molecule has 0 saturated carbocycles. The van der Waals surface area contributed by atoms with Crippen molar-refractivity contribution in [2.45, 2.75) is 67.8 Å². The van der Waals surface area contributed by atoms with E-state index in [0.717, 1.165) is 45.1 Å². The van der Waals surface area contributed by atoms with Crippen LogP contribution in [-0.2, 0) is 14.8 Å². The van der Waals surface area contributed by atoms with Crippen molar-refractivity contribution in [1.29, 1.82) is 0 Å². The third-order valence-electron chi connectivity index (χ3n) is 5.42. The molecular formula is C19H29N3O3S2. The summed E-state index contributed by atoms with van der Waals surface area (Å²) in [6.07, 6.45) is 8.70. The van der Waals surface area contributed by atoms with Crippen LogP contribution in [0.3, 0.4) is 0 Å². The van der Waals surface area contributed by atoms with Gasteiger partial charge in [-0.3, -0.25) is 4.79 Å². The smallest absolute Gasteiger partial charge is 0.244 e. The van der Waals surface area contributed by atoms with Crippen LogP contribution in [-0.4, -0.2) is 59.9 Å². The number of pyridine rings is 1. The Balaban J connectivity index is 1.58. The summed E-state index contributed by atoms with van der Waals surface area (Å²) in [6.45, 7) is 4.15. The monoisotopic (exact) mass is 411 g/mol. The molecule has 3 rings (SSSR count). The Morgan fingerprint density at radius 1 is 1.15 bits per heavy atom. The lowest BCUT2D eigenvalue weighted by atomic mass is 10.0. The maximum Gasteiger partial charge on any atom is 0.244 e. The molecule has 27 heavy (non-hydrogen) atoms. The molecule has 0 N–H and O–H groups in total. The molecule has 0 radical (unpaired) electrons. The van der Waals surface area contributed by atoms with E-state index in [2.05, 4.69) is 11.9 Å². The minimum absolute atomic E-state index is 0.151. The lowest BCUT2D eigenvalue weighted by Gasteiger charge is -2.35. The molecule has 0 aromatic carbocycles. The van der Waals surface area contributed by atoms with Gasteiger partial charge in [0.1, 0.15) is 4.90 Å². The van der Waals surface area contributed by atoms with Gasteiger partial charge in [0, 0.05) is 31.9 Å². The Kier molecular flexibility index (Phi) is 7.16. The normalized spacial score (nSPS) is 22.0. The minimum atomic E-state index is -3.45. The van der Waals surface area contributed by atoms with Crippen LogP contribution in [0.4, 0.5) is 0 Å². The molecule has 1 aromatic heterocycles. The van der Waals surface area contributed by atoms with E-state index in [1.807, 2.05) is 4.90 Å². The number of thioether (sulfide) groups is 1. The molecule has 8 heteroatoms. The summed E-state index contributed by atoms with van der Waals surface area (Å²) < 4.78 is 26.9. The molecule has 1 atom stereocenters. The number of amides is 1. The molecule has 0 unspecified atom stereocenters. The van der Waals surface area contributed by atoms with E-state index in [-0.39, 0.29) is 10.8 Å². The second kappa shape index (κ2) is 9.39. The Labute approximate surface area is 166 Å². The van der Waals surface area contributed by atoms with Crippen LogP contribution in [0.1, 0.15) is 51.9 Å². The van der Waals surface area contributed by atoms with Crippen LogP contribution in [0, 0.1) is 0 Å². The van der Waals surface area contributed by atoms with E-state index < -0.39 is 10.0 Å². The highest BCUT2D eigenvalue weighted by atomic mass is 32.2. The van der Waals surface area contributed by atoms with Crippen molar-refractivity contribution in [3.8, 4) is 0 Å². The molecule has 1 amide bonds. The zero-order valence-electron chi connectivity index (χ0n) is 16.0. The molecule has 0 spiro atoms. The fraction of sp³-hybridized carbons (Fsp3) is 0.684. The summed E-state index contributed by atoms with van der Waals surface area (Å²) in [5, 5.41) is 0.686. The number of carbonyl (C=O) groups excluding carboxylic acids is 1. The summed E-state index contributed by atoms with van der Waals surface area (Å²) in [4.78, 5) is 19.1. The number of piperidine rings is 2.